The number of aromatic nitrogens is 2. The zero-order valence-electron chi connectivity index (χ0n) is 12.3. The van der Waals surface area contributed by atoms with E-state index in [0.29, 0.717) is 0 Å². The summed E-state index contributed by atoms with van der Waals surface area (Å²) in [7, 11) is 1.81. The molecule has 1 heterocycles. The van der Waals surface area contributed by atoms with Crippen LogP contribution in [0.25, 0.3) is 0 Å². The number of carboxylic acids is 1. The van der Waals surface area contributed by atoms with Crippen LogP contribution in [0.2, 0.25) is 0 Å². The second kappa shape index (κ2) is 7.07. The molecule has 0 amide bonds. The molecule has 0 fully saturated rings. The van der Waals surface area contributed by atoms with Crippen LogP contribution >= 0.6 is 0 Å². The molecular weight excluding hydrogens is 329 g/mol. The highest BCUT2D eigenvalue weighted by Gasteiger charge is 2.38. The van der Waals surface area contributed by atoms with Crippen LogP contribution in [0.15, 0.2) is 11.1 Å². The Labute approximate surface area is 125 Å². The molecule has 1 aromatic heterocycles. The van der Waals surface area contributed by atoms with Crippen molar-refractivity contribution in [1.82, 2.24) is 14.7 Å². The summed E-state index contributed by atoms with van der Waals surface area (Å²) in [6.07, 6.45) is -5.08. The van der Waals surface area contributed by atoms with Crippen molar-refractivity contribution in [2.75, 3.05) is 14.1 Å². The lowest BCUT2D eigenvalue weighted by Crippen LogP contribution is -2.21. The fourth-order valence-corrected chi connectivity index (χ4v) is 1.77. The number of rotatable bonds is 3. The summed E-state index contributed by atoms with van der Waals surface area (Å²) in [5, 5.41) is 15.9. The van der Waals surface area contributed by atoms with Gasteiger partial charge in [0, 0.05) is 19.2 Å². The van der Waals surface area contributed by atoms with Crippen molar-refractivity contribution in [2.24, 2.45) is 12.2 Å². The third-order valence-corrected chi connectivity index (χ3v) is 3.41. The quantitative estimate of drug-likeness (QED) is 0.814. The molecule has 1 atom stereocenters. The molecule has 0 aromatic carbocycles. The normalized spacial score (nSPS) is 13.5. The minimum atomic E-state index is -5.08. The number of sulfonamides is 1. The molecule has 0 bridgehead atoms. The lowest BCUT2D eigenvalue weighted by Gasteiger charge is -2.19. The minimum absolute atomic E-state index is 0.0815. The number of nitrogens with zero attached hydrogens (tertiary/aromatic N) is 3. The SMILES string of the molecule is CC(c1cc(S(N)(=O)=O)nn1C)N(C)C.O=C(O)C(F)(F)F. The second-order valence-corrected chi connectivity index (χ2v) is 6.03. The molecule has 0 spiro atoms. The fraction of sp³-hybridized carbons (Fsp3) is 0.600. The number of hydrogen-bond acceptors (Lipinski definition) is 5. The lowest BCUT2D eigenvalue weighted by atomic mass is 10.2. The van der Waals surface area contributed by atoms with Gasteiger partial charge in [-0.05, 0) is 21.0 Å². The van der Waals surface area contributed by atoms with Gasteiger partial charge < -0.3 is 10.0 Å². The number of hydrogen-bond donors (Lipinski definition) is 2. The van der Waals surface area contributed by atoms with Gasteiger partial charge >= 0.3 is 12.1 Å². The van der Waals surface area contributed by atoms with Crippen molar-refractivity contribution < 1.29 is 31.5 Å². The summed E-state index contributed by atoms with van der Waals surface area (Å²) >= 11 is 0. The maximum atomic E-state index is 11.1. The molecule has 8 nitrogen and oxygen atoms in total. The van der Waals surface area contributed by atoms with Crippen LogP contribution < -0.4 is 5.14 Å². The molecule has 1 aromatic rings. The van der Waals surface area contributed by atoms with Gasteiger partial charge in [0.15, 0.2) is 5.03 Å². The van der Waals surface area contributed by atoms with Gasteiger partial charge in [-0.25, -0.2) is 18.4 Å². The van der Waals surface area contributed by atoms with Crippen LogP contribution in [0.3, 0.4) is 0 Å². The van der Waals surface area contributed by atoms with Crippen LogP contribution in [-0.2, 0) is 21.9 Å². The van der Waals surface area contributed by atoms with E-state index >= 15 is 0 Å². The van der Waals surface area contributed by atoms with Crippen LogP contribution in [0.4, 0.5) is 13.2 Å². The smallest absolute Gasteiger partial charge is 0.475 e. The van der Waals surface area contributed by atoms with Gasteiger partial charge in [0.05, 0.1) is 5.69 Å². The van der Waals surface area contributed by atoms with E-state index in [4.69, 9.17) is 15.0 Å². The Morgan fingerprint density at radius 2 is 1.86 bits per heavy atom. The molecular formula is C10H17F3N4O4S. The van der Waals surface area contributed by atoms with E-state index in [0.717, 1.165) is 5.69 Å². The summed E-state index contributed by atoms with van der Waals surface area (Å²) in [4.78, 5) is 10.9. The van der Waals surface area contributed by atoms with Crippen molar-refractivity contribution >= 4 is 16.0 Å². The van der Waals surface area contributed by atoms with E-state index in [1.54, 1.807) is 7.05 Å². The van der Waals surface area contributed by atoms with Gasteiger partial charge in [-0.3, -0.25) is 4.68 Å². The Kier molecular flexibility index (Phi) is 6.53. The van der Waals surface area contributed by atoms with E-state index in [-0.39, 0.29) is 11.1 Å². The topological polar surface area (TPSA) is 119 Å². The van der Waals surface area contributed by atoms with E-state index in [9.17, 15) is 21.6 Å². The van der Waals surface area contributed by atoms with Gasteiger partial charge in [-0.2, -0.15) is 18.3 Å². The number of primary sulfonamides is 1. The molecule has 0 aliphatic heterocycles. The summed E-state index contributed by atoms with van der Waals surface area (Å²) in [6, 6.07) is 1.58. The van der Waals surface area contributed by atoms with E-state index in [2.05, 4.69) is 5.10 Å². The Morgan fingerprint density at radius 3 is 2.09 bits per heavy atom. The van der Waals surface area contributed by atoms with Crippen LogP contribution in [0.5, 0.6) is 0 Å². The standard InChI is InChI=1S/C8H16N4O2S.C2HF3O2/c1-6(11(2)3)7-5-8(10-12(7)4)15(9,13)14;3-2(4,5)1(6)7/h5-6H,1-4H3,(H2,9,13,14);(H,6,7). The molecule has 0 radical (unpaired) electrons. The molecule has 3 N–H and O–H groups in total. The molecule has 22 heavy (non-hydrogen) atoms. The highest BCUT2D eigenvalue weighted by atomic mass is 32.2. The summed E-state index contributed by atoms with van der Waals surface area (Å²) < 4.78 is 55.4. The molecule has 0 aliphatic rings. The number of alkyl halides is 3. The predicted octanol–water partition coefficient (Wildman–Crippen LogP) is 0.323. The molecule has 1 unspecified atom stereocenters. The Balaban J connectivity index is 0.000000534. The highest BCUT2D eigenvalue weighted by Crippen LogP contribution is 2.19. The zero-order valence-corrected chi connectivity index (χ0v) is 13.1. The molecule has 128 valence electrons. The van der Waals surface area contributed by atoms with Gasteiger partial charge in [-0.15, -0.1) is 0 Å². The van der Waals surface area contributed by atoms with Crippen LogP contribution in [-0.4, -0.2) is 54.4 Å². The fourth-order valence-electron chi connectivity index (χ4n) is 1.25. The van der Waals surface area contributed by atoms with Crippen molar-refractivity contribution in [3.8, 4) is 0 Å². The molecule has 1 rings (SSSR count). The summed E-state index contributed by atoms with van der Waals surface area (Å²) in [5.74, 6) is -2.76. The number of carboxylic acid groups (broad SMARTS) is 1. The first-order chi connectivity index (χ1) is 9.67. The summed E-state index contributed by atoms with van der Waals surface area (Å²) in [6.45, 7) is 1.96. The first-order valence-corrected chi connectivity index (χ1v) is 7.25. The maximum Gasteiger partial charge on any atom is 0.490 e. The van der Waals surface area contributed by atoms with Crippen LogP contribution in [0.1, 0.15) is 18.7 Å². The monoisotopic (exact) mass is 346 g/mol. The van der Waals surface area contributed by atoms with E-state index < -0.39 is 22.2 Å². The largest absolute Gasteiger partial charge is 0.490 e. The molecule has 12 heteroatoms. The molecule has 0 saturated heterocycles. The predicted molar refractivity (Wildman–Crippen MR) is 70.4 cm³/mol. The highest BCUT2D eigenvalue weighted by molar-refractivity contribution is 7.89. The number of aryl methyl sites for hydroxylation is 1. The molecule has 0 saturated carbocycles. The third kappa shape index (κ3) is 5.99. The van der Waals surface area contributed by atoms with Crippen molar-refractivity contribution in [3.63, 3.8) is 0 Å². The lowest BCUT2D eigenvalue weighted by molar-refractivity contribution is -0.192. The Bertz CT molecular complexity index is 625. The number of aliphatic carboxylic acids is 1. The van der Waals surface area contributed by atoms with Crippen molar-refractivity contribution in [3.05, 3.63) is 11.8 Å². The van der Waals surface area contributed by atoms with Gasteiger partial charge in [0.25, 0.3) is 10.0 Å². The zero-order chi connectivity index (χ0) is 17.9. The van der Waals surface area contributed by atoms with E-state index in [1.807, 2.05) is 25.9 Å². The third-order valence-electron chi connectivity index (χ3n) is 2.63. The Morgan fingerprint density at radius 1 is 1.45 bits per heavy atom. The number of halogens is 3. The van der Waals surface area contributed by atoms with Crippen molar-refractivity contribution in [1.29, 1.82) is 0 Å². The minimum Gasteiger partial charge on any atom is -0.475 e. The first kappa shape index (κ1) is 20.3. The second-order valence-electron chi connectivity index (χ2n) is 4.52. The van der Waals surface area contributed by atoms with Crippen molar-refractivity contribution in [2.45, 2.75) is 24.2 Å². The number of carbonyl (C=O) groups is 1. The summed E-state index contributed by atoms with van der Waals surface area (Å²) in [5.41, 5.74) is 0.809. The first-order valence-electron chi connectivity index (χ1n) is 5.71. The average Bonchev–Trinajstić information content (AvgIpc) is 2.69. The van der Waals surface area contributed by atoms with E-state index in [1.165, 1.54) is 10.7 Å². The number of nitrogens with two attached hydrogens (primary N) is 1. The van der Waals surface area contributed by atoms with Gasteiger partial charge in [-0.1, -0.05) is 0 Å². The average molecular weight is 346 g/mol. The Hall–Kier alpha value is -1.66. The van der Waals surface area contributed by atoms with Gasteiger partial charge in [0.2, 0.25) is 0 Å². The maximum absolute atomic E-state index is 11.1. The van der Waals surface area contributed by atoms with Crippen LogP contribution in [0, 0.1) is 0 Å². The van der Waals surface area contributed by atoms with Gasteiger partial charge in [0.1, 0.15) is 0 Å². The molecule has 0 aliphatic carbocycles.